The molecule has 3 heterocycles. The maximum atomic E-state index is 7.72. The first kappa shape index (κ1) is 39.3. The predicted molar refractivity (Wildman–Crippen MR) is 272 cm³/mol. The molecule has 0 aliphatic carbocycles. The molecule has 0 spiro atoms. The van der Waals surface area contributed by atoms with Gasteiger partial charge in [0.1, 0.15) is 0 Å². The number of aromatic nitrogens is 3. The van der Waals surface area contributed by atoms with E-state index in [0.29, 0.717) is 5.56 Å². The van der Waals surface area contributed by atoms with E-state index in [4.69, 9.17) is 9.10 Å². The van der Waals surface area contributed by atoms with Gasteiger partial charge in [-0.05, 0) is 116 Å². The standard InChI is InChI=1S/C44H31N2S.C14H16NSi.Ir/c1-27-16-18-31(19-17-27)32-20-22-35-33(26-32)21-23-37-36-12-9-13-38(43(36)47-42(35)37)44-45-39-14-7-8-15-40(39)46(44)41-28(2)24-34(25-29(41)3)30-10-5-4-6-11-30;1-16(2,3)13-9-10-14(15-11-13)12-7-5-4-6-8-12;/h4-12,14-26H,1-3H3;4-7,9-11H,1-3H3;/q2*-1;/i1D3;;. The number of para-hydroxylation sites is 2. The maximum absolute atomic E-state index is 7.72. The number of thiophene rings is 1. The molecular weight excluding hydrogens is 991 g/mol. The first-order chi connectivity index (χ1) is 31.8. The minimum atomic E-state index is -2.11. The van der Waals surface area contributed by atoms with Crippen LogP contribution in [0.15, 0.2) is 176 Å². The number of aryl methyl sites for hydroxylation is 3. The van der Waals surface area contributed by atoms with E-state index in [1.165, 1.54) is 48.3 Å². The number of rotatable bonds is 6. The third kappa shape index (κ3) is 8.19. The van der Waals surface area contributed by atoms with Crippen LogP contribution in [0.4, 0.5) is 0 Å². The first-order valence-corrected chi connectivity index (χ1v) is 25.6. The summed E-state index contributed by atoms with van der Waals surface area (Å²) in [6.45, 7) is 9.27. The van der Waals surface area contributed by atoms with Gasteiger partial charge < -0.3 is 9.55 Å². The van der Waals surface area contributed by atoms with Crippen molar-refractivity contribution in [3.8, 4) is 50.6 Å². The molecule has 11 rings (SSSR count). The van der Waals surface area contributed by atoms with Crippen molar-refractivity contribution in [3.63, 3.8) is 0 Å². The van der Waals surface area contributed by atoms with Gasteiger partial charge in [0, 0.05) is 40.8 Å². The molecule has 6 heteroatoms. The van der Waals surface area contributed by atoms with Crippen molar-refractivity contribution < 1.29 is 24.2 Å². The second kappa shape index (κ2) is 17.7. The minimum Gasteiger partial charge on any atom is -0.333 e. The van der Waals surface area contributed by atoms with Crippen LogP contribution in [0.3, 0.4) is 0 Å². The van der Waals surface area contributed by atoms with Crippen molar-refractivity contribution in [1.29, 1.82) is 0 Å². The summed E-state index contributed by atoms with van der Waals surface area (Å²) in [6, 6.07) is 64.9. The molecule has 0 aliphatic rings. The van der Waals surface area contributed by atoms with Gasteiger partial charge in [-0.3, -0.25) is 4.98 Å². The van der Waals surface area contributed by atoms with Gasteiger partial charge in [-0.2, -0.15) is 11.3 Å². The Morgan fingerprint density at radius 3 is 2.03 bits per heavy atom. The van der Waals surface area contributed by atoms with E-state index >= 15 is 0 Å². The zero-order valence-electron chi connectivity index (χ0n) is 39.3. The molecule has 64 heavy (non-hydrogen) atoms. The molecule has 0 saturated carbocycles. The van der Waals surface area contributed by atoms with Gasteiger partial charge in [0.25, 0.3) is 0 Å². The zero-order valence-corrected chi connectivity index (χ0v) is 40.5. The molecule has 0 bridgehead atoms. The summed E-state index contributed by atoms with van der Waals surface area (Å²) < 4.78 is 27.9. The van der Waals surface area contributed by atoms with Crippen LogP contribution in [0.2, 0.25) is 19.6 Å². The van der Waals surface area contributed by atoms with Crippen LogP contribution in [-0.2, 0) is 20.1 Å². The van der Waals surface area contributed by atoms with Crippen LogP contribution in [0.5, 0.6) is 0 Å². The van der Waals surface area contributed by atoms with Crippen molar-refractivity contribution in [3.05, 3.63) is 205 Å². The molecular formula is C58H47IrN3SSi-2. The van der Waals surface area contributed by atoms with Crippen LogP contribution < -0.4 is 5.19 Å². The van der Waals surface area contributed by atoms with E-state index in [0.717, 1.165) is 60.6 Å². The van der Waals surface area contributed by atoms with Crippen LogP contribution in [0.1, 0.15) is 20.8 Å². The van der Waals surface area contributed by atoms with Gasteiger partial charge in [-0.15, -0.1) is 54.1 Å². The molecule has 0 amide bonds. The van der Waals surface area contributed by atoms with Gasteiger partial charge in [-0.25, -0.2) is 0 Å². The summed E-state index contributed by atoms with van der Waals surface area (Å²) in [5.74, 6) is 0.883. The van der Waals surface area contributed by atoms with Gasteiger partial charge in [-0.1, -0.05) is 139 Å². The van der Waals surface area contributed by atoms with Crippen molar-refractivity contribution in [2.75, 3.05) is 0 Å². The predicted octanol–water partition coefficient (Wildman–Crippen LogP) is 15.4. The molecule has 1 radical (unpaired) electrons. The summed E-state index contributed by atoms with van der Waals surface area (Å²) in [5, 5.41) is 6.13. The average Bonchev–Trinajstić information content (AvgIpc) is 3.91. The fourth-order valence-electron chi connectivity index (χ4n) is 8.61. The second-order valence-corrected chi connectivity index (χ2v) is 23.3. The SMILES string of the molecule is C[Si](C)(C)c1ccc(-c2[c-]cccc2)nc1.[2H]C([2H])([2H])c1ccc(-c2ccc3c(ccc4c5cc[c-]c(-c6nc7ccccc7n6-c6c(C)cc(-c7ccccc7)cc6C)c5sc34)c2)cc1.[Ir]. The zero-order chi connectivity index (χ0) is 45.7. The Kier molecular flexibility index (Phi) is 10.9. The second-order valence-electron chi connectivity index (χ2n) is 17.2. The Labute approximate surface area is 398 Å². The molecule has 3 aromatic heterocycles. The monoisotopic (exact) mass is 1040 g/mol. The smallest absolute Gasteiger partial charge is 0.0795 e. The number of hydrogen-bond acceptors (Lipinski definition) is 3. The van der Waals surface area contributed by atoms with Crippen molar-refractivity contribution in [1.82, 2.24) is 14.5 Å². The van der Waals surface area contributed by atoms with Gasteiger partial charge in [0.2, 0.25) is 0 Å². The van der Waals surface area contributed by atoms with Crippen LogP contribution in [-0.4, -0.2) is 22.6 Å². The number of imidazole rings is 1. The summed E-state index contributed by atoms with van der Waals surface area (Å²) in [7, 11) is -1.23. The summed E-state index contributed by atoms with van der Waals surface area (Å²) in [4.78, 5) is 9.79. The Morgan fingerprint density at radius 1 is 0.609 bits per heavy atom. The molecule has 3 nitrogen and oxygen atoms in total. The third-order valence-corrected chi connectivity index (χ3v) is 15.2. The van der Waals surface area contributed by atoms with E-state index in [2.05, 4.69) is 164 Å². The number of pyridine rings is 1. The van der Waals surface area contributed by atoms with Crippen LogP contribution in [0.25, 0.3) is 92.6 Å². The maximum Gasteiger partial charge on any atom is 0.0795 e. The molecule has 315 valence electrons. The largest absolute Gasteiger partial charge is 0.333 e. The van der Waals surface area contributed by atoms with E-state index in [1.54, 1.807) is 23.5 Å². The number of fused-ring (bicyclic) bond motifs is 6. The Bertz CT molecular complexity index is 3540. The van der Waals surface area contributed by atoms with Crippen molar-refractivity contribution in [2.24, 2.45) is 0 Å². The fraction of sp³-hybridized carbons (Fsp3) is 0.103. The van der Waals surface area contributed by atoms with Crippen LogP contribution >= 0.6 is 11.3 Å². The van der Waals surface area contributed by atoms with Gasteiger partial charge in [0.05, 0.1) is 24.9 Å². The quantitative estimate of drug-likeness (QED) is 0.123. The Morgan fingerprint density at radius 2 is 1.31 bits per heavy atom. The molecule has 11 aromatic rings. The van der Waals surface area contributed by atoms with E-state index in [-0.39, 0.29) is 20.1 Å². The van der Waals surface area contributed by atoms with Crippen LogP contribution in [0, 0.1) is 32.8 Å². The molecule has 0 atom stereocenters. The molecule has 0 N–H and O–H groups in total. The van der Waals surface area contributed by atoms with Gasteiger partial charge in [0.15, 0.2) is 0 Å². The Balaban J connectivity index is 0.000000281. The molecule has 0 unspecified atom stereocenters. The van der Waals surface area contributed by atoms with E-state index in [9.17, 15) is 0 Å². The molecule has 0 aliphatic heterocycles. The summed E-state index contributed by atoms with van der Waals surface area (Å²) in [6.07, 6.45) is 2.02. The third-order valence-electron chi connectivity index (χ3n) is 11.9. The fourth-order valence-corrected chi connectivity index (χ4v) is 11.0. The average molecular weight is 1040 g/mol. The number of benzene rings is 8. The van der Waals surface area contributed by atoms with E-state index < -0.39 is 14.9 Å². The molecule has 8 aromatic carbocycles. The van der Waals surface area contributed by atoms with E-state index in [1.807, 2.05) is 54.7 Å². The summed E-state index contributed by atoms with van der Waals surface area (Å²) >= 11 is 1.79. The number of nitrogens with zero attached hydrogens (tertiary/aromatic N) is 3. The van der Waals surface area contributed by atoms with Crippen molar-refractivity contribution in [2.45, 2.75) is 40.3 Å². The molecule has 0 saturated heterocycles. The van der Waals surface area contributed by atoms with Crippen molar-refractivity contribution >= 4 is 66.6 Å². The Hall–Kier alpha value is -6.27. The first-order valence-electron chi connectivity index (χ1n) is 22.8. The molecule has 0 fully saturated rings. The van der Waals surface area contributed by atoms with Gasteiger partial charge >= 0.3 is 0 Å². The topological polar surface area (TPSA) is 30.7 Å². The minimum absolute atomic E-state index is 0. The summed E-state index contributed by atoms with van der Waals surface area (Å²) in [5.41, 5.74) is 13.4. The normalized spacial score (nSPS) is 12.4. The number of hydrogen-bond donors (Lipinski definition) is 0.